The van der Waals surface area contributed by atoms with Gasteiger partial charge in [0, 0.05) is 6.61 Å². The maximum atomic E-state index is 5.47. The highest BCUT2D eigenvalue weighted by molar-refractivity contribution is 4.64. The van der Waals surface area contributed by atoms with E-state index >= 15 is 0 Å². The van der Waals surface area contributed by atoms with Gasteiger partial charge in [-0.1, -0.05) is 34.6 Å². The van der Waals surface area contributed by atoms with Gasteiger partial charge in [0.25, 0.3) is 0 Å². The number of nitrogens with one attached hydrogen (secondary N) is 2. The molecule has 16 heavy (non-hydrogen) atoms. The van der Waals surface area contributed by atoms with Gasteiger partial charge in [0.05, 0.1) is 6.73 Å². The topological polar surface area (TPSA) is 33.3 Å². The highest BCUT2D eigenvalue weighted by atomic mass is 16.5. The Morgan fingerprint density at radius 1 is 1.12 bits per heavy atom. The van der Waals surface area contributed by atoms with Crippen molar-refractivity contribution in [1.29, 1.82) is 0 Å². The maximum Gasteiger partial charge on any atom is 0.0965 e. The van der Waals surface area contributed by atoms with Gasteiger partial charge in [-0.15, -0.1) is 0 Å². The van der Waals surface area contributed by atoms with Crippen molar-refractivity contribution in [1.82, 2.24) is 10.6 Å². The first-order valence-corrected chi connectivity index (χ1v) is 6.41. The third-order valence-corrected chi connectivity index (χ3v) is 2.05. The molecule has 0 aromatic heterocycles. The van der Waals surface area contributed by atoms with Gasteiger partial charge >= 0.3 is 0 Å². The summed E-state index contributed by atoms with van der Waals surface area (Å²) in [4.78, 5) is 0. The summed E-state index contributed by atoms with van der Waals surface area (Å²) in [6.07, 6.45) is 1.08. The molecule has 0 saturated heterocycles. The largest absolute Gasteiger partial charge is 0.366 e. The molecule has 0 aliphatic rings. The van der Waals surface area contributed by atoms with Gasteiger partial charge in [-0.05, 0) is 37.4 Å². The van der Waals surface area contributed by atoms with Crippen molar-refractivity contribution in [3.63, 3.8) is 0 Å². The first kappa shape index (κ1) is 15.9. The monoisotopic (exact) mass is 230 g/mol. The molecule has 0 amide bonds. The molecule has 0 bridgehead atoms. The van der Waals surface area contributed by atoms with E-state index in [9.17, 15) is 0 Å². The lowest BCUT2D eigenvalue weighted by Crippen LogP contribution is -2.28. The number of rotatable bonds is 9. The van der Waals surface area contributed by atoms with E-state index in [0.29, 0.717) is 18.1 Å². The zero-order valence-electron chi connectivity index (χ0n) is 11.7. The van der Waals surface area contributed by atoms with Crippen LogP contribution in [0.1, 0.15) is 41.0 Å². The summed E-state index contributed by atoms with van der Waals surface area (Å²) in [5.41, 5.74) is 0.375. The molecule has 0 spiro atoms. The SMILES string of the molecule is CC(C)CNCOCCCNCC(C)(C)C. The van der Waals surface area contributed by atoms with Gasteiger partial charge in [-0.25, -0.2) is 0 Å². The van der Waals surface area contributed by atoms with Crippen LogP contribution in [0, 0.1) is 11.3 Å². The predicted octanol–water partition coefficient (Wildman–Crippen LogP) is 2.23. The fourth-order valence-corrected chi connectivity index (χ4v) is 1.25. The van der Waals surface area contributed by atoms with E-state index in [1.807, 2.05) is 0 Å². The molecule has 0 unspecified atom stereocenters. The Morgan fingerprint density at radius 3 is 2.38 bits per heavy atom. The van der Waals surface area contributed by atoms with Crippen molar-refractivity contribution in [3.05, 3.63) is 0 Å². The average molecular weight is 230 g/mol. The minimum atomic E-state index is 0.375. The lowest BCUT2D eigenvalue weighted by molar-refractivity contribution is 0.112. The van der Waals surface area contributed by atoms with Crippen molar-refractivity contribution in [2.45, 2.75) is 41.0 Å². The molecule has 0 rings (SSSR count). The second kappa shape index (κ2) is 8.97. The summed E-state index contributed by atoms with van der Waals surface area (Å²) < 4.78 is 5.47. The quantitative estimate of drug-likeness (QED) is 0.471. The lowest BCUT2D eigenvalue weighted by atomic mass is 9.97. The summed E-state index contributed by atoms with van der Waals surface area (Å²) in [5.74, 6) is 0.692. The van der Waals surface area contributed by atoms with Crippen LogP contribution >= 0.6 is 0 Å². The molecule has 98 valence electrons. The Balaban J connectivity index is 3.05. The highest BCUT2D eigenvalue weighted by Gasteiger charge is 2.07. The summed E-state index contributed by atoms with van der Waals surface area (Å²) in [5, 5.41) is 6.69. The van der Waals surface area contributed by atoms with Crippen LogP contribution in [0.5, 0.6) is 0 Å². The Bertz CT molecular complexity index is 153. The summed E-state index contributed by atoms with van der Waals surface area (Å²) in [7, 11) is 0. The number of hydrogen-bond donors (Lipinski definition) is 2. The fraction of sp³-hybridized carbons (Fsp3) is 1.00. The standard InChI is InChI=1S/C13H30N2O/c1-12(2)9-15-11-16-8-6-7-14-10-13(3,4)5/h12,14-15H,6-11H2,1-5H3. The van der Waals surface area contributed by atoms with Crippen molar-refractivity contribution >= 4 is 0 Å². The van der Waals surface area contributed by atoms with Gasteiger partial charge < -0.3 is 10.1 Å². The van der Waals surface area contributed by atoms with Crippen molar-refractivity contribution < 1.29 is 4.74 Å². The third-order valence-electron chi connectivity index (χ3n) is 2.05. The molecule has 3 nitrogen and oxygen atoms in total. The summed E-state index contributed by atoms with van der Waals surface area (Å²) >= 11 is 0. The van der Waals surface area contributed by atoms with Crippen molar-refractivity contribution in [2.24, 2.45) is 11.3 Å². The Labute approximate surface area is 101 Å². The summed E-state index contributed by atoms with van der Waals surface area (Å²) in [6, 6.07) is 0. The van der Waals surface area contributed by atoms with Crippen LogP contribution in [0.2, 0.25) is 0 Å². The maximum absolute atomic E-state index is 5.47. The second-order valence-corrected chi connectivity index (χ2v) is 5.99. The minimum absolute atomic E-state index is 0.375. The van der Waals surface area contributed by atoms with E-state index in [4.69, 9.17) is 4.74 Å². The van der Waals surface area contributed by atoms with Crippen LogP contribution in [-0.4, -0.2) is 33.0 Å². The first-order chi connectivity index (χ1) is 7.42. The van der Waals surface area contributed by atoms with Crippen LogP contribution in [0.15, 0.2) is 0 Å². The van der Waals surface area contributed by atoms with Gasteiger partial charge in [-0.3, -0.25) is 5.32 Å². The molecule has 2 N–H and O–H groups in total. The van der Waals surface area contributed by atoms with E-state index in [-0.39, 0.29) is 0 Å². The molecule has 0 aliphatic carbocycles. The number of ether oxygens (including phenoxy) is 1. The molecule has 0 heterocycles. The van der Waals surface area contributed by atoms with E-state index < -0.39 is 0 Å². The molecule has 0 aliphatic heterocycles. The Morgan fingerprint density at radius 2 is 1.81 bits per heavy atom. The smallest absolute Gasteiger partial charge is 0.0965 e. The molecular weight excluding hydrogens is 200 g/mol. The van der Waals surface area contributed by atoms with Crippen molar-refractivity contribution in [3.8, 4) is 0 Å². The third kappa shape index (κ3) is 13.9. The van der Waals surface area contributed by atoms with Crippen LogP contribution in [-0.2, 0) is 4.74 Å². The zero-order valence-corrected chi connectivity index (χ0v) is 11.7. The van der Waals surface area contributed by atoms with E-state index in [1.54, 1.807) is 0 Å². The van der Waals surface area contributed by atoms with Gasteiger partial charge in [0.2, 0.25) is 0 Å². The van der Waals surface area contributed by atoms with Gasteiger partial charge in [-0.2, -0.15) is 0 Å². The van der Waals surface area contributed by atoms with Crippen LogP contribution in [0.3, 0.4) is 0 Å². The van der Waals surface area contributed by atoms with Crippen molar-refractivity contribution in [2.75, 3.05) is 33.0 Å². The Kier molecular flexibility index (Phi) is 8.90. The van der Waals surface area contributed by atoms with Crippen LogP contribution < -0.4 is 10.6 Å². The van der Waals surface area contributed by atoms with Crippen LogP contribution in [0.25, 0.3) is 0 Å². The molecule has 0 aromatic carbocycles. The second-order valence-electron chi connectivity index (χ2n) is 5.99. The molecule has 0 atom stereocenters. The molecular formula is C13H30N2O. The molecule has 0 radical (unpaired) electrons. The van der Waals surface area contributed by atoms with E-state index in [0.717, 1.165) is 32.7 Å². The van der Waals surface area contributed by atoms with E-state index in [2.05, 4.69) is 45.3 Å². The molecule has 3 heteroatoms. The van der Waals surface area contributed by atoms with Gasteiger partial charge in [0.1, 0.15) is 0 Å². The normalized spacial score (nSPS) is 12.4. The van der Waals surface area contributed by atoms with E-state index in [1.165, 1.54) is 0 Å². The van der Waals surface area contributed by atoms with Crippen LogP contribution in [0.4, 0.5) is 0 Å². The fourth-order valence-electron chi connectivity index (χ4n) is 1.25. The zero-order chi connectivity index (χ0) is 12.4. The highest BCUT2D eigenvalue weighted by Crippen LogP contribution is 2.09. The Hall–Kier alpha value is -0.120. The lowest BCUT2D eigenvalue weighted by Gasteiger charge is -2.18. The molecule has 0 fully saturated rings. The minimum Gasteiger partial charge on any atom is -0.366 e. The summed E-state index contributed by atoms with van der Waals surface area (Å²) in [6.45, 7) is 15.8. The van der Waals surface area contributed by atoms with Gasteiger partial charge in [0.15, 0.2) is 0 Å². The first-order valence-electron chi connectivity index (χ1n) is 6.41. The molecule has 0 saturated carbocycles. The predicted molar refractivity (Wildman–Crippen MR) is 70.6 cm³/mol. The number of hydrogen-bond acceptors (Lipinski definition) is 3. The average Bonchev–Trinajstić information content (AvgIpc) is 2.13. The molecule has 0 aromatic rings.